The molecule has 8 rings (SSSR count). The van der Waals surface area contributed by atoms with Gasteiger partial charge in [-0.2, -0.15) is 0 Å². The molecule has 248 valence electrons. The fourth-order valence-corrected chi connectivity index (χ4v) is 8.51. The monoisotopic (exact) mass is 674 g/mol. The number of rotatable bonds is 5. The third-order valence-electron chi connectivity index (χ3n) is 9.95. The summed E-state index contributed by atoms with van der Waals surface area (Å²) >= 11 is 1.59. The summed E-state index contributed by atoms with van der Waals surface area (Å²) in [6.45, 7) is 5.57. The number of halogens is 1. The second-order valence-electron chi connectivity index (χ2n) is 13.4. The number of ether oxygens (including phenoxy) is 1. The number of hydrogen-bond donors (Lipinski definition) is 1. The van der Waals surface area contributed by atoms with Crippen molar-refractivity contribution in [1.29, 1.82) is 0 Å². The van der Waals surface area contributed by atoms with E-state index in [2.05, 4.69) is 21.3 Å². The number of fused-ring (bicyclic) bond motifs is 3. The van der Waals surface area contributed by atoms with Gasteiger partial charge >= 0.3 is 0 Å². The topological polar surface area (TPSA) is 91.8 Å². The van der Waals surface area contributed by atoms with Crippen LogP contribution >= 0.6 is 11.3 Å². The third kappa shape index (κ3) is 6.00. The van der Waals surface area contributed by atoms with E-state index >= 15 is 0 Å². The van der Waals surface area contributed by atoms with E-state index in [-0.39, 0.29) is 23.0 Å². The van der Waals surface area contributed by atoms with Gasteiger partial charge in [-0.05, 0) is 104 Å². The lowest BCUT2D eigenvalue weighted by molar-refractivity contribution is -0.113. The van der Waals surface area contributed by atoms with Gasteiger partial charge in [0, 0.05) is 77.4 Å². The van der Waals surface area contributed by atoms with Crippen molar-refractivity contribution in [3.8, 4) is 10.4 Å². The fraction of sp³-hybridized carbons (Fsp3) is 0.282. The number of aryl methyl sites for hydroxylation is 1. The van der Waals surface area contributed by atoms with Crippen molar-refractivity contribution in [3.05, 3.63) is 112 Å². The second-order valence-corrected chi connectivity index (χ2v) is 14.4. The van der Waals surface area contributed by atoms with Crippen LogP contribution in [0.15, 0.2) is 79.0 Å². The molecular formula is C39H35FN4O4S. The summed E-state index contributed by atoms with van der Waals surface area (Å²) in [4.78, 5) is 49.7. The number of thiophene rings is 1. The average molecular weight is 675 g/mol. The summed E-state index contributed by atoms with van der Waals surface area (Å²) in [6.07, 6.45) is 10.2. The molecule has 1 spiro atoms. The number of allylic oxidation sites excluding steroid dienone is 4. The Kier molecular flexibility index (Phi) is 8.00. The molecule has 0 bridgehead atoms. The first kappa shape index (κ1) is 31.3. The van der Waals surface area contributed by atoms with E-state index in [4.69, 9.17) is 4.74 Å². The molecule has 49 heavy (non-hydrogen) atoms. The number of nitrogens with zero attached hydrogens (tertiary/aromatic N) is 3. The number of amides is 2. The predicted octanol–water partition coefficient (Wildman–Crippen LogP) is 7.24. The summed E-state index contributed by atoms with van der Waals surface area (Å²) in [5, 5.41) is 3.00. The molecule has 3 aliphatic heterocycles. The molecule has 1 N–H and O–H groups in total. The first-order valence-electron chi connectivity index (χ1n) is 16.6. The average Bonchev–Trinajstić information content (AvgIpc) is 3.46. The van der Waals surface area contributed by atoms with Crippen LogP contribution in [-0.4, -0.2) is 55.4 Å². The maximum atomic E-state index is 14.7. The summed E-state index contributed by atoms with van der Waals surface area (Å²) in [7, 11) is 0. The number of benzene rings is 2. The van der Waals surface area contributed by atoms with Gasteiger partial charge in [0.15, 0.2) is 5.78 Å². The van der Waals surface area contributed by atoms with Gasteiger partial charge < -0.3 is 19.9 Å². The number of nitrogens with one attached hydrogen (secondary N) is 1. The molecule has 2 aromatic heterocycles. The Morgan fingerprint density at radius 3 is 2.57 bits per heavy atom. The summed E-state index contributed by atoms with van der Waals surface area (Å²) in [5.74, 6) is -0.164. The van der Waals surface area contributed by atoms with Crippen molar-refractivity contribution in [3.63, 3.8) is 0 Å². The molecule has 2 amide bonds. The van der Waals surface area contributed by atoms with E-state index in [9.17, 15) is 18.8 Å². The molecule has 2 fully saturated rings. The van der Waals surface area contributed by atoms with E-state index in [1.165, 1.54) is 12.1 Å². The fourth-order valence-electron chi connectivity index (χ4n) is 7.25. The van der Waals surface area contributed by atoms with Crippen molar-refractivity contribution in [2.45, 2.75) is 32.6 Å². The van der Waals surface area contributed by atoms with Crippen molar-refractivity contribution in [2.24, 2.45) is 5.41 Å². The van der Waals surface area contributed by atoms with Crippen LogP contribution < -0.4 is 15.1 Å². The SMILES string of the molecule is Cc1cnc(N2CC3(CCOCC3)C2)c(C(=O)Nc2ccc(C(=O)N3CCc4cc(C5=CCC(=O)C=C5)sc4-c4ccc(F)cc43)cc2)c1. The Bertz CT molecular complexity index is 2050. The number of ketones is 1. The van der Waals surface area contributed by atoms with Crippen molar-refractivity contribution >= 4 is 51.7 Å². The first-order chi connectivity index (χ1) is 23.7. The third-order valence-corrected chi connectivity index (χ3v) is 11.2. The largest absolute Gasteiger partial charge is 0.381 e. The Morgan fingerprint density at radius 1 is 1.02 bits per heavy atom. The summed E-state index contributed by atoms with van der Waals surface area (Å²) in [6, 6.07) is 15.4. The van der Waals surface area contributed by atoms with Crippen LogP contribution in [0.25, 0.3) is 16.0 Å². The van der Waals surface area contributed by atoms with E-state index < -0.39 is 5.82 Å². The molecule has 0 saturated carbocycles. The molecule has 2 aromatic carbocycles. The van der Waals surface area contributed by atoms with Gasteiger partial charge in [0.1, 0.15) is 11.6 Å². The highest BCUT2D eigenvalue weighted by Gasteiger charge is 2.45. The normalized spacial score (nSPS) is 17.9. The maximum absolute atomic E-state index is 14.7. The lowest BCUT2D eigenvalue weighted by Gasteiger charge is -2.53. The van der Waals surface area contributed by atoms with Gasteiger partial charge in [0.05, 0.1) is 11.3 Å². The van der Waals surface area contributed by atoms with Gasteiger partial charge in [-0.25, -0.2) is 9.37 Å². The van der Waals surface area contributed by atoms with E-state index in [0.717, 1.165) is 71.2 Å². The van der Waals surface area contributed by atoms with Crippen molar-refractivity contribution in [1.82, 2.24) is 4.98 Å². The summed E-state index contributed by atoms with van der Waals surface area (Å²) in [5.41, 5.74) is 6.05. The van der Waals surface area contributed by atoms with Crippen LogP contribution in [0.5, 0.6) is 0 Å². The minimum atomic E-state index is -0.419. The number of aromatic nitrogens is 1. The molecular weight excluding hydrogens is 640 g/mol. The lowest BCUT2D eigenvalue weighted by Crippen LogP contribution is -2.59. The molecule has 5 heterocycles. The molecule has 4 aliphatic rings. The number of anilines is 3. The van der Waals surface area contributed by atoms with Crippen LogP contribution in [0, 0.1) is 18.2 Å². The molecule has 0 unspecified atom stereocenters. The van der Waals surface area contributed by atoms with Gasteiger partial charge in [0.2, 0.25) is 0 Å². The molecule has 4 aromatic rings. The zero-order valence-electron chi connectivity index (χ0n) is 27.1. The van der Waals surface area contributed by atoms with Gasteiger partial charge in [0.25, 0.3) is 11.8 Å². The first-order valence-corrected chi connectivity index (χ1v) is 17.4. The van der Waals surface area contributed by atoms with Gasteiger partial charge in [-0.3, -0.25) is 14.4 Å². The Balaban J connectivity index is 1.00. The predicted molar refractivity (Wildman–Crippen MR) is 190 cm³/mol. The Labute approximate surface area is 287 Å². The van der Waals surface area contributed by atoms with E-state index in [1.807, 2.05) is 25.1 Å². The highest BCUT2D eigenvalue weighted by molar-refractivity contribution is 7.17. The number of pyridine rings is 1. The molecule has 0 atom stereocenters. The minimum absolute atomic E-state index is 0.0795. The molecule has 2 saturated heterocycles. The standard InChI is InChI=1S/C39H35FN4O4S/c1-24-18-32(36(41-21-24)43-22-39(23-43)13-16-48-17-14-39)37(46)42-29-7-2-26(3-8-29)38(47)44-15-12-27-19-34(25-4-9-30(45)10-5-25)49-35(27)31-11-6-28(40)20-33(31)44/h2-9,11,18-21H,10,12-17,22-23H2,1H3,(H,42,46). The zero-order valence-corrected chi connectivity index (χ0v) is 27.9. The minimum Gasteiger partial charge on any atom is -0.381 e. The van der Waals surface area contributed by atoms with E-state index in [1.54, 1.807) is 58.8 Å². The van der Waals surface area contributed by atoms with Crippen LogP contribution in [0.3, 0.4) is 0 Å². The van der Waals surface area contributed by atoms with Crippen molar-refractivity contribution in [2.75, 3.05) is 48.0 Å². The number of carbonyl (C=O) groups is 3. The van der Waals surface area contributed by atoms with Crippen LogP contribution in [0.2, 0.25) is 0 Å². The Hall–Kier alpha value is -4.93. The van der Waals surface area contributed by atoms with E-state index in [0.29, 0.717) is 47.7 Å². The van der Waals surface area contributed by atoms with Gasteiger partial charge in [-0.1, -0.05) is 12.2 Å². The molecule has 10 heteroatoms. The lowest BCUT2D eigenvalue weighted by atomic mass is 9.73. The highest BCUT2D eigenvalue weighted by atomic mass is 32.1. The van der Waals surface area contributed by atoms with Crippen molar-refractivity contribution < 1.29 is 23.5 Å². The molecule has 8 nitrogen and oxygen atoms in total. The number of carbonyl (C=O) groups excluding carboxylic acids is 3. The summed E-state index contributed by atoms with van der Waals surface area (Å²) < 4.78 is 20.2. The maximum Gasteiger partial charge on any atom is 0.259 e. The molecule has 0 radical (unpaired) electrons. The Morgan fingerprint density at radius 2 is 1.82 bits per heavy atom. The quantitative estimate of drug-likeness (QED) is 0.240. The molecule has 1 aliphatic carbocycles. The highest BCUT2D eigenvalue weighted by Crippen LogP contribution is 2.45. The zero-order chi connectivity index (χ0) is 33.7. The van der Waals surface area contributed by atoms with Crippen LogP contribution in [0.1, 0.15) is 56.0 Å². The van der Waals surface area contributed by atoms with Gasteiger partial charge in [-0.15, -0.1) is 11.3 Å². The number of hydrogen-bond acceptors (Lipinski definition) is 7. The van der Waals surface area contributed by atoms with Crippen LogP contribution in [-0.2, 0) is 16.0 Å². The second kappa shape index (κ2) is 12.5. The smallest absolute Gasteiger partial charge is 0.259 e. The van der Waals surface area contributed by atoms with Crippen LogP contribution in [0.4, 0.5) is 21.6 Å².